The number of carbonyl (C=O) groups excluding carboxylic acids is 2. The van der Waals surface area contributed by atoms with Crippen LogP contribution in [0.2, 0.25) is 0 Å². The van der Waals surface area contributed by atoms with Gasteiger partial charge in [0.25, 0.3) is 0 Å². The van der Waals surface area contributed by atoms with Gasteiger partial charge in [-0.05, 0) is 6.92 Å². The summed E-state index contributed by atoms with van der Waals surface area (Å²) in [6.45, 7) is 3.89. The van der Waals surface area contributed by atoms with E-state index >= 15 is 0 Å². The van der Waals surface area contributed by atoms with Crippen LogP contribution in [0.4, 0.5) is 0 Å². The minimum atomic E-state index is -0.335. The Bertz CT molecular complexity index is 235. The molecule has 1 aliphatic rings. The number of carbonyl (C=O) groups is 2. The molecular formula is C8H15N2O3P. The topological polar surface area (TPSA) is 49.9 Å². The van der Waals surface area contributed by atoms with Crippen LogP contribution in [-0.2, 0) is 14.3 Å². The number of hydrogen-bond donors (Lipinski definition) is 0. The Hall–Kier alpha value is -0.670. The molecule has 5 nitrogen and oxygen atoms in total. The average molecular weight is 218 g/mol. The molecule has 1 unspecified atom stereocenters. The molecule has 6 heteroatoms. The second kappa shape index (κ2) is 5.27. The fourth-order valence-electron chi connectivity index (χ4n) is 1.26. The molecule has 1 atom stereocenters. The van der Waals surface area contributed by atoms with Crippen LogP contribution in [0.25, 0.3) is 0 Å². The van der Waals surface area contributed by atoms with E-state index < -0.39 is 0 Å². The van der Waals surface area contributed by atoms with Crippen molar-refractivity contribution in [2.45, 2.75) is 6.92 Å². The lowest BCUT2D eigenvalue weighted by molar-refractivity contribution is -0.150. The normalized spacial score (nSPS) is 18.4. The number of rotatable bonds is 3. The van der Waals surface area contributed by atoms with Gasteiger partial charge in [0, 0.05) is 13.1 Å². The predicted molar refractivity (Wildman–Crippen MR) is 54.5 cm³/mol. The van der Waals surface area contributed by atoms with E-state index in [9.17, 15) is 9.59 Å². The van der Waals surface area contributed by atoms with Crippen molar-refractivity contribution >= 4 is 21.3 Å². The van der Waals surface area contributed by atoms with Crippen LogP contribution < -0.4 is 0 Å². The number of ether oxygens (including phenoxy) is 1. The maximum absolute atomic E-state index is 11.4. The standard InChI is InChI=1S/C8H15N2O3P/c1-2-13-8(12)6-9-3-4-10(14)5-7(9)11/h2-6,14H2,1H3. The van der Waals surface area contributed by atoms with Gasteiger partial charge >= 0.3 is 5.97 Å². The average Bonchev–Trinajstić information content (AvgIpc) is 2.10. The van der Waals surface area contributed by atoms with Gasteiger partial charge in [0.15, 0.2) is 0 Å². The molecule has 0 radical (unpaired) electrons. The van der Waals surface area contributed by atoms with Crippen molar-refractivity contribution in [2.75, 3.05) is 32.8 Å². The van der Waals surface area contributed by atoms with Gasteiger partial charge in [0.1, 0.15) is 6.54 Å². The van der Waals surface area contributed by atoms with Crippen molar-refractivity contribution in [1.29, 1.82) is 0 Å². The summed E-state index contributed by atoms with van der Waals surface area (Å²) in [6.07, 6.45) is 0. The molecule has 80 valence electrons. The highest BCUT2D eigenvalue weighted by Gasteiger charge is 2.23. The molecule has 1 aliphatic heterocycles. The molecule has 0 aliphatic carbocycles. The molecule has 0 aromatic rings. The Labute approximate surface area is 85.6 Å². The highest BCUT2D eigenvalue weighted by molar-refractivity contribution is 7.13. The molecule has 1 fully saturated rings. The Morgan fingerprint density at radius 3 is 2.86 bits per heavy atom. The first-order valence-electron chi connectivity index (χ1n) is 4.56. The molecule has 0 aromatic carbocycles. The first-order valence-corrected chi connectivity index (χ1v) is 5.08. The quantitative estimate of drug-likeness (QED) is 0.472. The summed E-state index contributed by atoms with van der Waals surface area (Å²) >= 11 is 0. The van der Waals surface area contributed by atoms with Crippen LogP contribution in [-0.4, -0.2) is 54.2 Å². The third kappa shape index (κ3) is 3.24. The molecular weight excluding hydrogens is 203 g/mol. The van der Waals surface area contributed by atoms with Crippen molar-refractivity contribution in [3.05, 3.63) is 0 Å². The van der Waals surface area contributed by atoms with Gasteiger partial charge in [-0.15, -0.1) is 0 Å². The summed E-state index contributed by atoms with van der Waals surface area (Å²) in [5.74, 6) is -0.364. The van der Waals surface area contributed by atoms with E-state index in [1.165, 1.54) is 4.90 Å². The van der Waals surface area contributed by atoms with Gasteiger partial charge < -0.3 is 9.64 Å². The molecule has 0 N–H and O–H groups in total. The van der Waals surface area contributed by atoms with E-state index in [2.05, 4.69) is 9.39 Å². The highest BCUT2D eigenvalue weighted by Crippen LogP contribution is 2.07. The fraction of sp³-hybridized carbons (Fsp3) is 0.750. The molecule has 1 amide bonds. The Balaban J connectivity index is 2.37. The first-order chi connectivity index (χ1) is 6.63. The molecule has 14 heavy (non-hydrogen) atoms. The third-order valence-electron chi connectivity index (χ3n) is 1.97. The number of piperazine rings is 1. The molecule has 0 bridgehead atoms. The van der Waals surface area contributed by atoms with Crippen LogP contribution >= 0.6 is 9.39 Å². The van der Waals surface area contributed by atoms with Crippen molar-refractivity contribution in [2.24, 2.45) is 0 Å². The van der Waals surface area contributed by atoms with Crippen molar-refractivity contribution in [3.8, 4) is 0 Å². The Morgan fingerprint density at radius 2 is 2.29 bits per heavy atom. The van der Waals surface area contributed by atoms with Crippen LogP contribution in [0.15, 0.2) is 0 Å². The zero-order chi connectivity index (χ0) is 10.6. The van der Waals surface area contributed by atoms with Crippen LogP contribution in [0, 0.1) is 0 Å². The summed E-state index contributed by atoms with van der Waals surface area (Å²) < 4.78 is 6.62. The zero-order valence-electron chi connectivity index (χ0n) is 8.23. The summed E-state index contributed by atoms with van der Waals surface area (Å²) in [5, 5.41) is 0. The second-order valence-electron chi connectivity index (χ2n) is 3.09. The van der Waals surface area contributed by atoms with Crippen LogP contribution in [0.5, 0.6) is 0 Å². The smallest absolute Gasteiger partial charge is 0.325 e. The maximum Gasteiger partial charge on any atom is 0.325 e. The van der Waals surface area contributed by atoms with Gasteiger partial charge in [-0.2, -0.15) is 0 Å². The van der Waals surface area contributed by atoms with Gasteiger partial charge in [-0.1, -0.05) is 9.39 Å². The number of esters is 1. The van der Waals surface area contributed by atoms with Crippen molar-refractivity contribution in [1.82, 2.24) is 9.57 Å². The van der Waals surface area contributed by atoms with Crippen molar-refractivity contribution in [3.63, 3.8) is 0 Å². The third-order valence-corrected chi connectivity index (χ3v) is 2.41. The molecule has 1 rings (SSSR count). The zero-order valence-corrected chi connectivity index (χ0v) is 9.39. The molecule has 0 saturated carbocycles. The molecule has 1 saturated heterocycles. The SMILES string of the molecule is CCOC(=O)CN1CCN(P)CC1=O. The van der Waals surface area contributed by atoms with E-state index in [1.807, 2.05) is 4.67 Å². The lowest BCUT2D eigenvalue weighted by Gasteiger charge is -2.30. The minimum Gasteiger partial charge on any atom is -0.465 e. The van der Waals surface area contributed by atoms with Gasteiger partial charge in [0.2, 0.25) is 5.91 Å². The van der Waals surface area contributed by atoms with Crippen molar-refractivity contribution < 1.29 is 14.3 Å². The minimum absolute atomic E-state index is 0.0284. The molecule has 1 heterocycles. The van der Waals surface area contributed by atoms with Gasteiger partial charge in [-0.3, -0.25) is 14.3 Å². The molecule has 0 spiro atoms. The Morgan fingerprint density at radius 1 is 1.57 bits per heavy atom. The largest absolute Gasteiger partial charge is 0.465 e. The predicted octanol–water partition coefficient (Wildman–Crippen LogP) is -0.516. The first kappa shape index (κ1) is 11.4. The maximum atomic E-state index is 11.4. The highest BCUT2D eigenvalue weighted by atomic mass is 31.0. The summed E-state index contributed by atoms with van der Waals surface area (Å²) in [7, 11) is 2.48. The van der Waals surface area contributed by atoms with E-state index in [0.29, 0.717) is 19.7 Å². The molecule has 0 aromatic heterocycles. The number of hydrogen-bond acceptors (Lipinski definition) is 4. The van der Waals surface area contributed by atoms with E-state index in [1.54, 1.807) is 6.92 Å². The lowest BCUT2D eigenvalue weighted by atomic mass is 10.3. The summed E-state index contributed by atoms with van der Waals surface area (Å²) in [6, 6.07) is 0. The van der Waals surface area contributed by atoms with E-state index in [-0.39, 0.29) is 18.4 Å². The monoisotopic (exact) mass is 218 g/mol. The van der Waals surface area contributed by atoms with Gasteiger partial charge in [-0.25, -0.2) is 0 Å². The number of nitrogens with zero attached hydrogens (tertiary/aromatic N) is 2. The lowest BCUT2D eigenvalue weighted by Crippen LogP contribution is -2.48. The van der Waals surface area contributed by atoms with Crippen LogP contribution in [0.3, 0.4) is 0 Å². The summed E-state index contributed by atoms with van der Waals surface area (Å²) in [5.41, 5.74) is 0. The Kier molecular flexibility index (Phi) is 4.29. The van der Waals surface area contributed by atoms with Gasteiger partial charge in [0.05, 0.1) is 13.2 Å². The fourth-order valence-corrected chi connectivity index (χ4v) is 1.53. The van der Waals surface area contributed by atoms with E-state index in [0.717, 1.165) is 6.54 Å². The number of amides is 1. The second-order valence-corrected chi connectivity index (χ2v) is 3.82. The summed E-state index contributed by atoms with van der Waals surface area (Å²) in [4.78, 5) is 24.0. The van der Waals surface area contributed by atoms with E-state index in [4.69, 9.17) is 4.74 Å². The van der Waals surface area contributed by atoms with Crippen LogP contribution in [0.1, 0.15) is 6.92 Å².